The number of carbonyl (C=O) groups excluding carboxylic acids is 3. The summed E-state index contributed by atoms with van der Waals surface area (Å²) < 4.78 is 5.18. The van der Waals surface area contributed by atoms with Gasteiger partial charge in [0.1, 0.15) is 0 Å². The number of benzene rings is 2. The van der Waals surface area contributed by atoms with Gasteiger partial charge < -0.3 is 24.4 Å². The fourth-order valence-electron chi connectivity index (χ4n) is 4.02. The molecule has 4 rings (SSSR count). The van der Waals surface area contributed by atoms with E-state index in [0.717, 1.165) is 18.8 Å². The number of para-hydroxylation sites is 2. The Balaban J connectivity index is 1.28. The normalized spacial score (nSPS) is 13.4. The highest BCUT2D eigenvalue weighted by Gasteiger charge is 2.23. The maximum absolute atomic E-state index is 12.8. The van der Waals surface area contributed by atoms with Crippen molar-refractivity contribution in [1.82, 2.24) is 10.2 Å². The molecule has 1 fully saturated rings. The molecule has 1 aliphatic rings. The predicted octanol–water partition coefficient (Wildman–Crippen LogP) is 3.02. The third kappa shape index (κ3) is 5.28. The van der Waals surface area contributed by atoms with Gasteiger partial charge in [-0.3, -0.25) is 14.4 Å². The van der Waals surface area contributed by atoms with E-state index < -0.39 is 0 Å². The van der Waals surface area contributed by atoms with Crippen molar-refractivity contribution in [3.63, 3.8) is 0 Å². The smallest absolute Gasteiger partial charge is 0.293 e. The summed E-state index contributed by atoms with van der Waals surface area (Å²) in [6, 6.07) is 20.2. The summed E-state index contributed by atoms with van der Waals surface area (Å²) in [5.74, 6) is -0.478. The number of piperazine rings is 1. The van der Waals surface area contributed by atoms with Crippen molar-refractivity contribution in [3.05, 3.63) is 84.3 Å². The first-order valence-electron chi connectivity index (χ1n) is 11.3. The van der Waals surface area contributed by atoms with Crippen molar-refractivity contribution in [1.29, 1.82) is 0 Å². The molecule has 2 heterocycles. The lowest BCUT2D eigenvalue weighted by atomic mass is 10.1. The first-order chi connectivity index (χ1) is 16.5. The summed E-state index contributed by atoms with van der Waals surface area (Å²) in [5.41, 5.74) is 1.98. The number of anilines is 2. The molecule has 0 bridgehead atoms. The Labute approximate surface area is 198 Å². The van der Waals surface area contributed by atoms with Gasteiger partial charge in [0.2, 0.25) is 5.91 Å². The highest BCUT2D eigenvalue weighted by Crippen LogP contribution is 2.21. The second kappa shape index (κ2) is 10.7. The third-order valence-electron chi connectivity index (χ3n) is 5.92. The average Bonchev–Trinajstić information content (AvgIpc) is 3.43. The maximum Gasteiger partial charge on any atom is 0.293 e. The molecule has 0 radical (unpaired) electrons. The van der Waals surface area contributed by atoms with E-state index in [4.69, 9.17) is 4.42 Å². The molecule has 3 amide bonds. The molecule has 3 aromatic rings. The molecule has 0 unspecified atom stereocenters. The van der Waals surface area contributed by atoms with Crippen LogP contribution in [0.2, 0.25) is 0 Å². The summed E-state index contributed by atoms with van der Waals surface area (Å²) in [4.78, 5) is 43.6. The van der Waals surface area contributed by atoms with Gasteiger partial charge in [-0.2, -0.15) is 0 Å². The van der Waals surface area contributed by atoms with Crippen LogP contribution in [0.4, 0.5) is 11.4 Å². The Bertz CT molecular complexity index is 1120. The molecule has 1 aliphatic heterocycles. The number of hydrogen-bond acceptors (Lipinski definition) is 5. The molecule has 8 heteroatoms. The van der Waals surface area contributed by atoms with Crippen LogP contribution >= 0.6 is 0 Å². The van der Waals surface area contributed by atoms with Crippen molar-refractivity contribution >= 4 is 29.1 Å². The Hall–Kier alpha value is -4.07. The fraction of sp³-hybridized carbons (Fsp3) is 0.269. The van der Waals surface area contributed by atoms with Crippen LogP contribution in [0.15, 0.2) is 77.4 Å². The summed E-state index contributed by atoms with van der Waals surface area (Å²) in [6.07, 6.45) is 1.65. The monoisotopic (exact) mass is 460 g/mol. The summed E-state index contributed by atoms with van der Waals surface area (Å²) in [5, 5.41) is 2.81. The predicted molar refractivity (Wildman–Crippen MR) is 130 cm³/mol. The summed E-state index contributed by atoms with van der Waals surface area (Å²) in [6.45, 7) is 3.10. The Morgan fingerprint density at radius 3 is 2.32 bits per heavy atom. The van der Waals surface area contributed by atoms with E-state index in [2.05, 4.69) is 22.3 Å². The molecule has 34 heavy (non-hydrogen) atoms. The third-order valence-corrected chi connectivity index (χ3v) is 5.92. The van der Waals surface area contributed by atoms with Gasteiger partial charge in [-0.25, -0.2) is 0 Å². The molecular weight excluding hydrogens is 432 g/mol. The minimum atomic E-state index is -0.352. The first kappa shape index (κ1) is 23.1. The van der Waals surface area contributed by atoms with Gasteiger partial charge in [0, 0.05) is 51.9 Å². The molecule has 0 aliphatic carbocycles. The molecule has 0 saturated carbocycles. The van der Waals surface area contributed by atoms with Gasteiger partial charge in [-0.05, 0) is 36.4 Å². The molecule has 1 N–H and O–H groups in total. The molecular formula is C26H28N4O4. The van der Waals surface area contributed by atoms with Crippen LogP contribution in [0.1, 0.15) is 27.3 Å². The van der Waals surface area contributed by atoms with Crippen LogP contribution in [0.3, 0.4) is 0 Å². The zero-order valence-electron chi connectivity index (χ0n) is 19.1. The van der Waals surface area contributed by atoms with Crippen LogP contribution in [-0.4, -0.2) is 62.4 Å². The number of nitrogens with one attached hydrogen (secondary N) is 1. The van der Waals surface area contributed by atoms with Crippen molar-refractivity contribution < 1.29 is 18.8 Å². The van der Waals surface area contributed by atoms with Crippen molar-refractivity contribution in [3.8, 4) is 0 Å². The minimum absolute atomic E-state index is 0.0198. The van der Waals surface area contributed by atoms with E-state index in [9.17, 15) is 14.4 Å². The van der Waals surface area contributed by atoms with E-state index in [1.165, 1.54) is 11.2 Å². The van der Waals surface area contributed by atoms with Gasteiger partial charge in [0.15, 0.2) is 5.76 Å². The zero-order valence-corrected chi connectivity index (χ0v) is 19.1. The van der Waals surface area contributed by atoms with Crippen molar-refractivity contribution in [2.45, 2.75) is 6.42 Å². The Kier molecular flexibility index (Phi) is 7.27. The lowest BCUT2D eigenvalue weighted by molar-refractivity contribution is -0.131. The second-order valence-electron chi connectivity index (χ2n) is 8.07. The summed E-state index contributed by atoms with van der Waals surface area (Å²) >= 11 is 0. The maximum atomic E-state index is 12.8. The van der Waals surface area contributed by atoms with Crippen LogP contribution in [0.25, 0.3) is 0 Å². The first-order valence-corrected chi connectivity index (χ1v) is 11.3. The molecule has 1 aromatic heterocycles. The van der Waals surface area contributed by atoms with Gasteiger partial charge in [-0.1, -0.05) is 30.3 Å². The average molecular weight is 461 g/mol. The Morgan fingerprint density at radius 2 is 1.62 bits per heavy atom. The van der Waals surface area contributed by atoms with E-state index in [0.29, 0.717) is 24.3 Å². The second-order valence-corrected chi connectivity index (χ2v) is 8.07. The van der Waals surface area contributed by atoms with E-state index in [-0.39, 0.29) is 36.4 Å². The number of amides is 3. The minimum Gasteiger partial charge on any atom is -0.459 e. The van der Waals surface area contributed by atoms with Crippen molar-refractivity contribution in [2.75, 3.05) is 49.6 Å². The lowest BCUT2D eigenvalue weighted by Crippen LogP contribution is -2.49. The SMILES string of the molecule is CN(C(=O)c1ccco1)c1ccccc1C(=O)NCCC(=O)N1CCN(c2ccccc2)CC1. The topological polar surface area (TPSA) is 86.1 Å². The molecule has 8 nitrogen and oxygen atoms in total. The molecule has 0 atom stereocenters. The number of furan rings is 1. The van der Waals surface area contributed by atoms with E-state index >= 15 is 0 Å². The molecule has 0 spiro atoms. The number of hydrogen-bond donors (Lipinski definition) is 1. The van der Waals surface area contributed by atoms with Crippen LogP contribution in [0.5, 0.6) is 0 Å². The van der Waals surface area contributed by atoms with Gasteiger partial charge in [-0.15, -0.1) is 0 Å². The lowest BCUT2D eigenvalue weighted by Gasteiger charge is -2.36. The number of rotatable bonds is 7. The van der Waals surface area contributed by atoms with E-state index in [1.54, 1.807) is 43.4 Å². The highest BCUT2D eigenvalue weighted by atomic mass is 16.3. The number of nitrogens with zero attached hydrogens (tertiary/aromatic N) is 3. The van der Waals surface area contributed by atoms with Gasteiger partial charge in [0.05, 0.1) is 17.5 Å². The zero-order chi connectivity index (χ0) is 23.9. The van der Waals surface area contributed by atoms with E-state index in [1.807, 2.05) is 23.1 Å². The van der Waals surface area contributed by atoms with Gasteiger partial charge in [0.25, 0.3) is 11.8 Å². The van der Waals surface area contributed by atoms with Gasteiger partial charge >= 0.3 is 0 Å². The highest BCUT2D eigenvalue weighted by molar-refractivity contribution is 6.09. The largest absolute Gasteiger partial charge is 0.459 e. The fourth-order valence-corrected chi connectivity index (χ4v) is 4.02. The molecule has 1 saturated heterocycles. The summed E-state index contributed by atoms with van der Waals surface area (Å²) in [7, 11) is 1.59. The number of carbonyl (C=O) groups is 3. The van der Waals surface area contributed by atoms with Crippen LogP contribution in [-0.2, 0) is 4.79 Å². The van der Waals surface area contributed by atoms with Crippen molar-refractivity contribution in [2.24, 2.45) is 0 Å². The molecule has 2 aromatic carbocycles. The molecule has 176 valence electrons. The standard InChI is InChI=1S/C26H28N4O4/c1-28(26(33)23-12-7-19-34-23)22-11-6-5-10-21(22)25(32)27-14-13-24(31)30-17-15-29(16-18-30)20-8-3-2-4-9-20/h2-12,19H,13-18H2,1H3,(H,27,32). The van der Waals surface area contributed by atoms with Crippen LogP contribution < -0.4 is 15.1 Å². The van der Waals surface area contributed by atoms with Crippen LogP contribution in [0, 0.1) is 0 Å². The Morgan fingerprint density at radius 1 is 0.912 bits per heavy atom. The quantitative estimate of drug-likeness (QED) is 0.586.